The maximum atomic E-state index is 7.26. The predicted molar refractivity (Wildman–Crippen MR) is 61.3 cm³/mol. The Morgan fingerprint density at radius 1 is 1.60 bits per heavy atom. The van der Waals surface area contributed by atoms with E-state index in [0.717, 1.165) is 12.2 Å². The summed E-state index contributed by atoms with van der Waals surface area (Å²) in [5, 5.41) is 7.26. The molecule has 0 saturated carbocycles. The Balaban J connectivity index is 2.19. The van der Waals surface area contributed by atoms with Gasteiger partial charge in [-0.3, -0.25) is 10.4 Å². The largest absolute Gasteiger partial charge is 0.382 e. The van der Waals surface area contributed by atoms with Crippen LogP contribution in [0.2, 0.25) is 0 Å². The number of nitrogens with zero attached hydrogens (tertiary/aromatic N) is 2. The highest BCUT2D eigenvalue weighted by Crippen LogP contribution is 2.24. The van der Waals surface area contributed by atoms with Gasteiger partial charge in [0.05, 0.1) is 11.9 Å². The summed E-state index contributed by atoms with van der Waals surface area (Å²) >= 11 is 0. The molecule has 1 saturated heterocycles. The molecule has 1 aliphatic rings. The minimum Gasteiger partial charge on any atom is -0.382 e. The molecule has 15 heavy (non-hydrogen) atoms. The molecule has 3 N–H and O–H groups in total. The van der Waals surface area contributed by atoms with E-state index in [0.29, 0.717) is 11.7 Å². The topological polar surface area (TPSA) is 66.0 Å². The number of nitrogens with one attached hydrogen (secondary N) is 1. The Bertz CT molecular complexity index is 357. The quantitative estimate of drug-likeness (QED) is 0.564. The molecule has 80 valence electrons. The van der Waals surface area contributed by atoms with Crippen LogP contribution in [-0.4, -0.2) is 23.4 Å². The van der Waals surface area contributed by atoms with Gasteiger partial charge < -0.3 is 10.6 Å². The van der Waals surface area contributed by atoms with Gasteiger partial charge in [0, 0.05) is 12.6 Å². The molecule has 0 aliphatic carbocycles. The lowest BCUT2D eigenvalue weighted by Crippen LogP contribution is -2.26. The van der Waals surface area contributed by atoms with Crippen molar-refractivity contribution in [2.45, 2.75) is 25.8 Å². The molecule has 1 aromatic rings. The van der Waals surface area contributed by atoms with Crippen molar-refractivity contribution in [3.05, 3.63) is 24.0 Å². The van der Waals surface area contributed by atoms with Crippen molar-refractivity contribution >= 4 is 11.5 Å². The second kappa shape index (κ2) is 3.88. The summed E-state index contributed by atoms with van der Waals surface area (Å²) in [6, 6.07) is 4.39. The molecule has 1 aliphatic heterocycles. The van der Waals surface area contributed by atoms with Crippen LogP contribution in [-0.2, 0) is 0 Å². The first-order valence-electron chi connectivity index (χ1n) is 5.25. The van der Waals surface area contributed by atoms with E-state index < -0.39 is 0 Å². The SMILES string of the molecule is CC1CCCN1c1ccc(C(=N)N)nc1. The number of rotatable bonds is 2. The zero-order chi connectivity index (χ0) is 10.8. The number of pyridine rings is 1. The summed E-state index contributed by atoms with van der Waals surface area (Å²) in [4.78, 5) is 6.51. The number of nitrogen functional groups attached to an aromatic ring is 1. The number of nitrogens with two attached hydrogens (primary N) is 1. The van der Waals surface area contributed by atoms with Crippen LogP contribution in [0.25, 0.3) is 0 Å². The first kappa shape index (κ1) is 9.96. The maximum Gasteiger partial charge on any atom is 0.141 e. The van der Waals surface area contributed by atoms with E-state index in [9.17, 15) is 0 Å². The standard InChI is InChI=1S/C11H16N4/c1-8-3-2-6-15(8)9-4-5-10(11(12)13)14-7-9/h4-5,7-8H,2-3,6H2,1H3,(H3,12,13). The Morgan fingerprint density at radius 3 is 2.87 bits per heavy atom. The van der Waals surface area contributed by atoms with Gasteiger partial charge >= 0.3 is 0 Å². The Morgan fingerprint density at radius 2 is 2.40 bits per heavy atom. The molecule has 0 amide bonds. The predicted octanol–water partition coefficient (Wildman–Crippen LogP) is 1.35. The maximum absolute atomic E-state index is 7.26. The van der Waals surface area contributed by atoms with Gasteiger partial charge in [0.15, 0.2) is 0 Å². The summed E-state index contributed by atoms with van der Waals surface area (Å²) < 4.78 is 0. The number of anilines is 1. The van der Waals surface area contributed by atoms with Crippen LogP contribution in [0.1, 0.15) is 25.5 Å². The molecule has 1 aromatic heterocycles. The monoisotopic (exact) mass is 204 g/mol. The molecule has 0 aromatic carbocycles. The fraction of sp³-hybridized carbons (Fsp3) is 0.455. The van der Waals surface area contributed by atoms with Gasteiger partial charge in [-0.1, -0.05) is 0 Å². The van der Waals surface area contributed by atoms with Gasteiger partial charge in [-0.25, -0.2) is 0 Å². The third-order valence-electron chi connectivity index (χ3n) is 2.91. The summed E-state index contributed by atoms with van der Waals surface area (Å²) in [5.74, 6) is 0.0241. The number of hydrogen-bond donors (Lipinski definition) is 2. The highest BCUT2D eigenvalue weighted by molar-refractivity contribution is 5.93. The van der Waals surface area contributed by atoms with Crippen LogP contribution < -0.4 is 10.6 Å². The fourth-order valence-corrected chi connectivity index (χ4v) is 2.03. The zero-order valence-corrected chi connectivity index (χ0v) is 8.90. The van der Waals surface area contributed by atoms with Crippen molar-refractivity contribution in [2.24, 2.45) is 5.73 Å². The molecule has 0 bridgehead atoms. The van der Waals surface area contributed by atoms with Crippen molar-refractivity contribution < 1.29 is 0 Å². The number of amidine groups is 1. The van der Waals surface area contributed by atoms with Crippen LogP contribution >= 0.6 is 0 Å². The Labute approximate surface area is 89.6 Å². The first-order valence-corrected chi connectivity index (χ1v) is 5.25. The second-order valence-electron chi connectivity index (χ2n) is 4.00. The van der Waals surface area contributed by atoms with Gasteiger partial charge in [-0.05, 0) is 31.9 Å². The van der Waals surface area contributed by atoms with Crippen molar-refractivity contribution in [1.82, 2.24) is 4.98 Å². The van der Waals surface area contributed by atoms with Crippen LogP contribution in [0.15, 0.2) is 18.3 Å². The summed E-state index contributed by atoms with van der Waals surface area (Å²) in [6.45, 7) is 3.33. The lowest BCUT2D eigenvalue weighted by Gasteiger charge is -2.23. The van der Waals surface area contributed by atoms with E-state index >= 15 is 0 Å². The zero-order valence-electron chi connectivity index (χ0n) is 8.90. The summed E-state index contributed by atoms with van der Waals surface area (Å²) in [6.07, 6.45) is 4.29. The third kappa shape index (κ3) is 1.93. The van der Waals surface area contributed by atoms with Crippen LogP contribution in [0, 0.1) is 5.41 Å². The van der Waals surface area contributed by atoms with Crippen LogP contribution in [0.4, 0.5) is 5.69 Å². The molecule has 0 spiro atoms. The van der Waals surface area contributed by atoms with Gasteiger partial charge in [-0.2, -0.15) is 0 Å². The molecule has 4 nitrogen and oxygen atoms in total. The highest BCUT2D eigenvalue weighted by Gasteiger charge is 2.20. The first-order chi connectivity index (χ1) is 7.18. The Kier molecular flexibility index (Phi) is 2.58. The molecular formula is C11H16N4. The van der Waals surface area contributed by atoms with Gasteiger partial charge in [0.25, 0.3) is 0 Å². The van der Waals surface area contributed by atoms with Crippen molar-refractivity contribution in [3.8, 4) is 0 Å². The highest BCUT2D eigenvalue weighted by atomic mass is 15.2. The minimum absolute atomic E-state index is 0.0241. The lowest BCUT2D eigenvalue weighted by atomic mass is 10.2. The molecule has 4 heteroatoms. The summed E-state index contributed by atoms with van der Waals surface area (Å²) in [5.41, 5.74) is 7.03. The fourth-order valence-electron chi connectivity index (χ4n) is 2.03. The van der Waals surface area contributed by atoms with E-state index in [2.05, 4.69) is 16.8 Å². The van der Waals surface area contributed by atoms with Crippen LogP contribution in [0.5, 0.6) is 0 Å². The number of aromatic nitrogens is 1. The summed E-state index contributed by atoms with van der Waals surface area (Å²) in [7, 11) is 0. The van der Waals surface area contributed by atoms with Crippen molar-refractivity contribution in [2.75, 3.05) is 11.4 Å². The molecule has 2 heterocycles. The van der Waals surface area contributed by atoms with Crippen molar-refractivity contribution in [1.29, 1.82) is 5.41 Å². The molecule has 0 radical (unpaired) electrons. The van der Waals surface area contributed by atoms with E-state index in [1.54, 1.807) is 6.20 Å². The van der Waals surface area contributed by atoms with Crippen LogP contribution in [0.3, 0.4) is 0 Å². The van der Waals surface area contributed by atoms with E-state index in [-0.39, 0.29) is 5.84 Å². The third-order valence-corrected chi connectivity index (χ3v) is 2.91. The smallest absolute Gasteiger partial charge is 0.141 e. The lowest BCUT2D eigenvalue weighted by molar-refractivity contribution is 0.734. The van der Waals surface area contributed by atoms with Gasteiger partial charge in [0.2, 0.25) is 0 Å². The molecule has 1 unspecified atom stereocenters. The second-order valence-corrected chi connectivity index (χ2v) is 4.00. The molecule has 1 fully saturated rings. The minimum atomic E-state index is 0.0241. The number of hydrogen-bond acceptors (Lipinski definition) is 3. The van der Waals surface area contributed by atoms with Gasteiger partial charge in [-0.15, -0.1) is 0 Å². The average molecular weight is 204 g/mol. The molecule has 1 atom stereocenters. The van der Waals surface area contributed by atoms with E-state index in [1.165, 1.54) is 12.8 Å². The normalized spacial score (nSPS) is 20.6. The van der Waals surface area contributed by atoms with Gasteiger partial charge in [0.1, 0.15) is 11.5 Å². The molecular weight excluding hydrogens is 188 g/mol. The Hall–Kier alpha value is -1.58. The molecule has 2 rings (SSSR count). The van der Waals surface area contributed by atoms with Crippen molar-refractivity contribution in [3.63, 3.8) is 0 Å². The van der Waals surface area contributed by atoms with E-state index in [1.807, 2.05) is 12.1 Å². The average Bonchev–Trinajstić information content (AvgIpc) is 2.65. The van der Waals surface area contributed by atoms with E-state index in [4.69, 9.17) is 11.1 Å².